The summed E-state index contributed by atoms with van der Waals surface area (Å²) in [6.07, 6.45) is 1.43. The number of phenols is 1. The van der Waals surface area contributed by atoms with E-state index in [1.54, 1.807) is 18.2 Å². The number of carbonyl (C=O) groups excluding carboxylic acids is 2. The van der Waals surface area contributed by atoms with Crippen LogP contribution in [-0.2, 0) is 9.59 Å². The lowest BCUT2D eigenvalue weighted by atomic mass is 10.1. The molecule has 1 saturated heterocycles. The number of nitrogens with zero attached hydrogens (tertiary/aromatic N) is 1. The first-order chi connectivity index (χ1) is 12.4. The minimum absolute atomic E-state index is 0.0310. The molecule has 2 amide bonds. The maximum Gasteiger partial charge on any atom is 0.270 e. The van der Waals surface area contributed by atoms with Crippen LogP contribution in [0.15, 0.2) is 48.0 Å². The lowest BCUT2D eigenvalue weighted by Crippen LogP contribution is -2.54. The minimum Gasteiger partial charge on any atom is -0.504 e. The summed E-state index contributed by atoms with van der Waals surface area (Å²) in [6, 6.07) is 11.8. The van der Waals surface area contributed by atoms with Gasteiger partial charge in [-0.15, -0.1) is 0 Å². The summed E-state index contributed by atoms with van der Waals surface area (Å²) in [6.45, 7) is 1.94. The lowest BCUT2D eigenvalue weighted by Gasteiger charge is -2.29. The molecule has 132 valence electrons. The molecule has 7 heteroatoms. The number of ether oxygens (including phenoxy) is 1. The number of amides is 2. The molecular formula is C19H16N2O4S. The van der Waals surface area contributed by atoms with Crippen LogP contribution in [0.3, 0.4) is 0 Å². The van der Waals surface area contributed by atoms with E-state index in [-0.39, 0.29) is 22.2 Å². The second kappa shape index (κ2) is 6.97. The summed E-state index contributed by atoms with van der Waals surface area (Å²) < 4.78 is 5.05. The number of aromatic hydroxyl groups is 1. The van der Waals surface area contributed by atoms with Crippen molar-refractivity contribution in [2.24, 2.45) is 0 Å². The first-order valence-electron chi connectivity index (χ1n) is 7.76. The number of aryl methyl sites for hydroxylation is 1. The van der Waals surface area contributed by atoms with Gasteiger partial charge >= 0.3 is 0 Å². The molecule has 0 spiro atoms. The van der Waals surface area contributed by atoms with Gasteiger partial charge in [0, 0.05) is 0 Å². The van der Waals surface area contributed by atoms with Crippen molar-refractivity contribution in [3.05, 3.63) is 59.2 Å². The fourth-order valence-corrected chi connectivity index (χ4v) is 2.82. The Hall–Kier alpha value is -3.19. The first kappa shape index (κ1) is 17.6. The number of carbonyl (C=O) groups is 2. The minimum atomic E-state index is -0.574. The van der Waals surface area contributed by atoms with Gasteiger partial charge in [0.2, 0.25) is 0 Å². The fraction of sp³-hybridized carbons (Fsp3) is 0.105. The number of anilines is 1. The average Bonchev–Trinajstić information content (AvgIpc) is 2.61. The quantitative estimate of drug-likeness (QED) is 0.495. The second-order valence-corrected chi connectivity index (χ2v) is 6.11. The zero-order chi connectivity index (χ0) is 18.8. The summed E-state index contributed by atoms with van der Waals surface area (Å²) in [5.74, 6) is -0.879. The standard InChI is InChI=1S/C19H16N2O4S/c1-11-3-6-13(7-4-11)21-18(24)14(17(23)20-19(21)26)9-12-5-8-15(22)16(10-12)25-2/h3-10,22H,1-2H3,(H,20,23,26)/b14-9+. The van der Waals surface area contributed by atoms with E-state index in [1.807, 2.05) is 19.1 Å². The number of methoxy groups -OCH3 is 1. The van der Waals surface area contributed by atoms with E-state index in [9.17, 15) is 14.7 Å². The van der Waals surface area contributed by atoms with Crippen LogP contribution in [0.1, 0.15) is 11.1 Å². The number of phenolic OH excluding ortho intramolecular Hbond substituents is 1. The number of rotatable bonds is 3. The Balaban J connectivity index is 2.01. The van der Waals surface area contributed by atoms with Crippen molar-refractivity contribution in [3.8, 4) is 11.5 Å². The summed E-state index contributed by atoms with van der Waals surface area (Å²) in [5.41, 5.74) is 2.08. The van der Waals surface area contributed by atoms with Gasteiger partial charge in [0.25, 0.3) is 11.8 Å². The Kier molecular flexibility index (Phi) is 4.73. The molecule has 0 bridgehead atoms. The Morgan fingerprint density at radius 3 is 2.50 bits per heavy atom. The molecule has 2 aromatic carbocycles. The molecule has 26 heavy (non-hydrogen) atoms. The van der Waals surface area contributed by atoms with E-state index >= 15 is 0 Å². The molecule has 1 heterocycles. The summed E-state index contributed by atoms with van der Waals surface area (Å²) >= 11 is 5.16. The third-order valence-electron chi connectivity index (χ3n) is 3.91. The highest BCUT2D eigenvalue weighted by molar-refractivity contribution is 7.80. The molecule has 1 aliphatic heterocycles. The van der Waals surface area contributed by atoms with Crippen LogP contribution in [0.2, 0.25) is 0 Å². The first-order valence-corrected chi connectivity index (χ1v) is 8.16. The monoisotopic (exact) mass is 368 g/mol. The molecule has 2 aromatic rings. The number of nitrogens with one attached hydrogen (secondary N) is 1. The fourth-order valence-electron chi connectivity index (χ4n) is 2.54. The van der Waals surface area contributed by atoms with Crippen molar-refractivity contribution < 1.29 is 19.4 Å². The molecule has 1 fully saturated rings. The predicted octanol–water partition coefficient (Wildman–Crippen LogP) is 2.54. The van der Waals surface area contributed by atoms with Gasteiger partial charge < -0.3 is 9.84 Å². The molecule has 0 atom stereocenters. The molecule has 0 saturated carbocycles. The van der Waals surface area contributed by atoms with Gasteiger partial charge in [-0.05, 0) is 55.0 Å². The van der Waals surface area contributed by atoms with Crippen molar-refractivity contribution in [2.75, 3.05) is 12.0 Å². The third-order valence-corrected chi connectivity index (χ3v) is 4.19. The van der Waals surface area contributed by atoms with Gasteiger partial charge in [-0.3, -0.25) is 19.8 Å². The number of hydrogen-bond donors (Lipinski definition) is 2. The van der Waals surface area contributed by atoms with Crippen LogP contribution in [0.25, 0.3) is 6.08 Å². The van der Waals surface area contributed by atoms with E-state index in [2.05, 4.69) is 5.32 Å². The normalized spacial score (nSPS) is 16.0. The van der Waals surface area contributed by atoms with Gasteiger partial charge in [-0.25, -0.2) is 0 Å². The molecule has 3 rings (SSSR count). The van der Waals surface area contributed by atoms with Crippen LogP contribution in [0.5, 0.6) is 11.5 Å². The maximum absolute atomic E-state index is 12.9. The highest BCUT2D eigenvalue weighted by atomic mass is 32.1. The predicted molar refractivity (Wildman–Crippen MR) is 102 cm³/mol. The third kappa shape index (κ3) is 3.29. The molecule has 1 aliphatic rings. The van der Waals surface area contributed by atoms with Crippen molar-refractivity contribution in [1.29, 1.82) is 0 Å². The zero-order valence-corrected chi connectivity index (χ0v) is 15.0. The van der Waals surface area contributed by atoms with E-state index in [0.717, 1.165) is 5.56 Å². The van der Waals surface area contributed by atoms with Gasteiger partial charge in [-0.2, -0.15) is 0 Å². The largest absolute Gasteiger partial charge is 0.504 e. The highest BCUT2D eigenvalue weighted by Gasteiger charge is 2.34. The van der Waals surface area contributed by atoms with E-state index in [4.69, 9.17) is 17.0 Å². The molecule has 0 aromatic heterocycles. The van der Waals surface area contributed by atoms with Crippen molar-refractivity contribution in [2.45, 2.75) is 6.92 Å². The van der Waals surface area contributed by atoms with E-state index in [1.165, 1.54) is 30.2 Å². The second-order valence-electron chi connectivity index (χ2n) is 5.72. The number of benzene rings is 2. The Morgan fingerprint density at radius 2 is 1.85 bits per heavy atom. The molecular weight excluding hydrogens is 352 g/mol. The Bertz CT molecular complexity index is 935. The van der Waals surface area contributed by atoms with Crippen molar-refractivity contribution in [1.82, 2.24) is 5.32 Å². The number of thiocarbonyl (C=S) groups is 1. The van der Waals surface area contributed by atoms with Crippen LogP contribution >= 0.6 is 12.2 Å². The van der Waals surface area contributed by atoms with Gasteiger partial charge in [-0.1, -0.05) is 23.8 Å². The van der Waals surface area contributed by atoms with E-state index < -0.39 is 11.8 Å². The molecule has 0 radical (unpaired) electrons. The van der Waals surface area contributed by atoms with Crippen molar-refractivity contribution in [3.63, 3.8) is 0 Å². The molecule has 2 N–H and O–H groups in total. The smallest absolute Gasteiger partial charge is 0.270 e. The molecule has 0 aliphatic carbocycles. The van der Waals surface area contributed by atoms with E-state index in [0.29, 0.717) is 11.3 Å². The summed E-state index contributed by atoms with van der Waals surface area (Å²) in [7, 11) is 1.42. The SMILES string of the molecule is COc1cc(/C=C2\C(=O)NC(=S)N(c3ccc(C)cc3)C2=O)ccc1O. The van der Waals surface area contributed by atoms with Crippen LogP contribution in [0, 0.1) is 6.92 Å². The summed E-state index contributed by atoms with van der Waals surface area (Å²) in [5, 5.41) is 12.2. The van der Waals surface area contributed by atoms with Crippen LogP contribution in [-0.4, -0.2) is 29.1 Å². The van der Waals surface area contributed by atoms with Crippen LogP contribution in [0.4, 0.5) is 5.69 Å². The van der Waals surface area contributed by atoms with Gasteiger partial charge in [0.15, 0.2) is 16.6 Å². The number of hydrogen-bond acceptors (Lipinski definition) is 5. The lowest BCUT2D eigenvalue weighted by molar-refractivity contribution is -0.122. The summed E-state index contributed by atoms with van der Waals surface area (Å²) in [4.78, 5) is 26.4. The highest BCUT2D eigenvalue weighted by Crippen LogP contribution is 2.28. The molecule has 0 unspecified atom stereocenters. The zero-order valence-electron chi connectivity index (χ0n) is 14.1. The topological polar surface area (TPSA) is 78.9 Å². The van der Waals surface area contributed by atoms with Crippen LogP contribution < -0.4 is 15.0 Å². The van der Waals surface area contributed by atoms with Gasteiger partial charge in [0.05, 0.1) is 12.8 Å². The molecule has 6 nitrogen and oxygen atoms in total. The Morgan fingerprint density at radius 1 is 1.15 bits per heavy atom. The average molecular weight is 368 g/mol. The Labute approximate surface area is 155 Å². The van der Waals surface area contributed by atoms with Gasteiger partial charge in [0.1, 0.15) is 5.57 Å². The maximum atomic E-state index is 12.9. The van der Waals surface area contributed by atoms with Crippen molar-refractivity contribution >= 4 is 40.9 Å².